The molecule has 1 amide bonds. The van der Waals surface area contributed by atoms with Crippen LogP contribution >= 0.6 is 0 Å². The van der Waals surface area contributed by atoms with Crippen LogP contribution in [0.15, 0.2) is 72.8 Å². The van der Waals surface area contributed by atoms with Gasteiger partial charge in [-0.1, -0.05) is 86.6 Å². The van der Waals surface area contributed by atoms with Crippen molar-refractivity contribution in [3.05, 3.63) is 83.9 Å². The number of nitrogens with zero attached hydrogens (tertiary/aromatic N) is 1. The van der Waals surface area contributed by atoms with E-state index in [9.17, 15) is 18.3 Å². The molecule has 0 saturated carbocycles. The first-order chi connectivity index (χ1) is 18.3. The molecule has 0 fully saturated rings. The minimum Gasteiger partial charge on any atom is -0.390 e. The predicted octanol–water partition coefficient (Wildman–Crippen LogP) is 3.86. The van der Waals surface area contributed by atoms with Crippen LogP contribution < -0.4 is 10.6 Å². The number of carbonyl (C=O) groups excluding carboxylic acids is 1. The number of amides is 1. The van der Waals surface area contributed by atoms with Crippen LogP contribution in [0.4, 0.5) is 0 Å². The molecule has 0 aromatic heterocycles. The van der Waals surface area contributed by atoms with E-state index in [1.165, 1.54) is 4.31 Å². The van der Waals surface area contributed by atoms with Crippen LogP contribution in [-0.2, 0) is 27.8 Å². The average molecular weight is 540 g/mol. The quantitative estimate of drug-likeness (QED) is 0.257. The summed E-state index contributed by atoms with van der Waals surface area (Å²) in [4.78, 5) is 13.0. The highest BCUT2D eigenvalue weighted by atomic mass is 32.2. The largest absolute Gasteiger partial charge is 0.390 e. The van der Waals surface area contributed by atoms with Crippen LogP contribution in [0.2, 0.25) is 0 Å². The summed E-state index contributed by atoms with van der Waals surface area (Å²) < 4.78 is 27.1. The minimum absolute atomic E-state index is 0.150. The molecule has 8 heteroatoms. The number of hydrogen-bond acceptors (Lipinski definition) is 5. The minimum atomic E-state index is -3.53. The third kappa shape index (κ3) is 8.91. The van der Waals surface area contributed by atoms with Crippen LogP contribution in [0.3, 0.4) is 0 Å². The maximum absolute atomic E-state index is 13.0. The van der Waals surface area contributed by atoms with E-state index in [-0.39, 0.29) is 24.6 Å². The molecule has 7 nitrogen and oxygen atoms in total. The van der Waals surface area contributed by atoms with Gasteiger partial charge in [0.25, 0.3) is 0 Å². The van der Waals surface area contributed by atoms with Crippen LogP contribution in [-0.4, -0.2) is 61.3 Å². The van der Waals surface area contributed by atoms with Gasteiger partial charge in [0.05, 0.1) is 17.9 Å². The van der Waals surface area contributed by atoms with Crippen LogP contribution in [0.1, 0.15) is 44.2 Å². The lowest BCUT2D eigenvalue weighted by Crippen LogP contribution is -2.49. The summed E-state index contributed by atoms with van der Waals surface area (Å²) >= 11 is 0. The summed E-state index contributed by atoms with van der Waals surface area (Å²) in [5.74, 6) is -0.629. The summed E-state index contributed by atoms with van der Waals surface area (Å²) in [6, 6.07) is 23.4. The Morgan fingerprint density at radius 1 is 0.921 bits per heavy atom. The van der Waals surface area contributed by atoms with Crippen molar-refractivity contribution in [1.82, 2.24) is 14.9 Å². The van der Waals surface area contributed by atoms with Crippen LogP contribution in [0, 0.1) is 0 Å². The Hall–Kier alpha value is -2.78. The van der Waals surface area contributed by atoms with Gasteiger partial charge in [-0.3, -0.25) is 4.79 Å². The molecule has 3 rings (SSSR count). The lowest BCUT2D eigenvalue weighted by Gasteiger charge is -2.26. The fraction of sp³-hybridized carbons (Fsp3) is 0.433. The first-order valence-electron chi connectivity index (χ1n) is 13.5. The van der Waals surface area contributed by atoms with E-state index in [0.717, 1.165) is 34.7 Å². The molecule has 0 unspecified atom stereocenters. The number of rotatable bonds is 16. The third-order valence-electron chi connectivity index (χ3n) is 6.58. The molecule has 0 aliphatic carbocycles. The third-order valence-corrected chi connectivity index (χ3v) is 8.45. The zero-order valence-corrected chi connectivity index (χ0v) is 23.3. The topological polar surface area (TPSA) is 98.7 Å². The lowest BCUT2D eigenvalue weighted by atomic mass is 9.96. The molecule has 0 spiro atoms. The Kier molecular flexibility index (Phi) is 11.7. The Morgan fingerprint density at radius 2 is 1.58 bits per heavy atom. The molecule has 206 valence electrons. The highest BCUT2D eigenvalue weighted by Gasteiger charge is 2.25. The van der Waals surface area contributed by atoms with Gasteiger partial charge in [0.15, 0.2) is 0 Å². The van der Waals surface area contributed by atoms with Gasteiger partial charge >= 0.3 is 0 Å². The summed E-state index contributed by atoms with van der Waals surface area (Å²) in [5.41, 5.74) is 2.11. The van der Waals surface area contributed by atoms with E-state index in [2.05, 4.69) is 10.6 Å². The number of nitrogens with one attached hydrogen (secondary N) is 2. The van der Waals surface area contributed by atoms with E-state index in [0.29, 0.717) is 26.1 Å². The number of hydrogen-bond donors (Lipinski definition) is 3. The highest BCUT2D eigenvalue weighted by molar-refractivity contribution is 7.89. The molecule has 0 aliphatic rings. The summed E-state index contributed by atoms with van der Waals surface area (Å²) in [6.07, 6.45) is 0.852. The van der Waals surface area contributed by atoms with Gasteiger partial charge < -0.3 is 15.7 Å². The SMILES string of the molecule is CCCN(CCC)S(=O)(=O)CCC(=O)N[C@@H](Cc1cccc2ccccc12)[C@@H](O)CNCc1ccccc1. The van der Waals surface area contributed by atoms with Crippen molar-refractivity contribution in [3.8, 4) is 0 Å². The molecule has 3 aromatic carbocycles. The summed E-state index contributed by atoms with van der Waals surface area (Å²) in [6.45, 7) is 5.66. The lowest BCUT2D eigenvalue weighted by molar-refractivity contribution is -0.122. The summed E-state index contributed by atoms with van der Waals surface area (Å²) in [5, 5.41) is 19.5. The number of carbonyl (C=O) groups is 1. The normalized spacial score (nSPS) is 13.5. The van der Waals surface area contributed by atoms with Gasteiger partial charge in [0, 0.05) is 32.6 Å². The van der Waals surface area contributed by atoms with Crippen LogP contribution in [0.5, 0.6) is 0 Å². The zero-order chi connectivity index (χ0) is 27.4. The molecular formula is C30H41N3O4S. The number of aliphatic hydroxyl groups is 1. The van der Waals surface area contributed by atoms with Crippen molar-refractivity contribution >= 4 is 26.7 Å². The first-order valence-corrected chi connectivity index (χ1v) is 15.1. The molecule has 0 saturated heterocycles. The zero-order valence-electron chi connectivity index (χ0n) is 22.5. The fourth-order valence-electron chi connectivity index (χ4n) is 4.61. The average Bonchev–Trinajstić information content (AvgIpc) is 2.92. The number of aliphatic hydroxyl groups excluding tert-OH is 1. The van der Waals surface area contributed by atoms with Gasteiger partial charge in [0.2, 0.25) is 15.9 Å². The van der Waals surface area contributed by atoms with E-state index < -0.39 is 22.2 Å². The van der Waals surface area contributed by atoms with Gasteiger partial charge in [-0.2, -0.15) is 0 Å². The predicted molar refractivity (Wildman–Crippen MR) is 154 cm³/mol. The molecule has 0 aliphatic heterocycles. The molecule has 0 radical (unpaired) electrons. The van der Waals surface area contributed by atoms with Crippen molar-refractivity contribution in [1.29, 1.82) is 0 Å². The smallest absolute Gasteiger partial charge is 0.221 e. The first kappa shape index (κ1) is 29.8. The van der Waals surface area contributed by atoms with Crippen molar-refractivity contribution in [2.75, 3.05) is 25.4 Å². The van der Waals surface area contributed by atoms with Gasteiger partial charge in [-0.15, -0.1) is 0 Å². The second-order valence-corrected chi connectivity index (χ2v) is 11.8. The second-order valence-electron chi connectivity index (χ2n) is 9.67. The standard InChI is InChI=1S/C30H41N3O4S/c1-3-18-33(19-4-2)38(36,37)20-17-30(35)32-28(29(34)23-31-22-24-11-6-5-7-12-24)21-26-15-10-14-25-13-8-9-16-27(25)26/h5-16,28-29,31,34H,3-4,17-23H2,1-2H3,(H,32,35)/t28-,29-/m0/s1. The Balaban J connectivity index is 1.70. The van der Waals surface area contributed by atoms with Gasteiger partial charge in [-0.05, 0) is 41.2 Å². The molecule has 2 atom stereocenters. The monoisotopic (exact) mass is 539 g/mol. The van der Waals surface area contributed by atoms with Crippen molar-refractivity contribution in [2.24, 2.45) is 0 Å². The second kappa shape index (κ2) is 15.0. The summed E-state index contributed by atoms with van der Waals surface area (Å²) in [7, 11) is -3.53. The van der Waals surface area contributed by atoms with Crippen molar-refractivity contribution in [3.63, 3.8) is 0 Å². The Morgan fingerprint density at radius 3 is 2.29 bits per heavy atom. The molecular weight excluding hydrogens is 498 g/mol. The molecule has 38 heavy (non-hydrogen) atoms. The van der Waals surface area contributed by atoms with E-state index >= 15 is 0 Å². The fourth-order valence-corrected chi connectivity index (χ4v) is 6.23. The number of sulfonamides is 1. The van der Waals surface area contributed by atoms with E-state index in [4.69, 9.17) is 0 Å². The van der Waals surface area contributed by atoms with E-state index in [1.54, 1.807) is 0 Å². The molecule has 0 bridgehead atoms. The maximum Gasteiger partial charge on any atom is 0.221 e. The van der Waals surface area contributed by atoms with Crippen molar-refractivity contribution < 1.29 is 18.3 Å². The molecule has 0 heterocycles. The highest BCUT2D eigenvalue weighted by Crippen LogP contribution is 2.20. The van der Waals surface area contributed by atoms with Crippen LogP contribution in [0.25, 0.3) is 10.8 Å². The maximum atomic E-state index is 13.0. The molecule has 3 aromatic rings. The Bertz CT molecular complexity index is 1240. The van der Waals surface area contributed by atoms with Crippen molar-refractivity contribution in [2.45, 2.75) is 58.2 Å². The van der Waals surface area contributed by atoms with Gasteiger partial charge in [-0.25, -0.2) is 12.7 Å². The van der Waals surface area contributed by atoms with E-state index in [1.807, 2.05) is 86.6 Å². The number of fused-ring (bicyclic) bond motifs is 1. The number of benzene rings is 3. The van der Waals surface area contributed by atoms with Gasteiger partial charge in [0.1, 0.15) is 0 Å². The molecule has 3 N–H and O–H groups in total. The Labute approximate surface area is 227 Å².